The molecule has 2 nitrogen and oxygen atoms in total. The second kappa shape index (κ2) is 3.27. The highest BCUT2D eigenvalue weighted by Gasteiger charge is 2.68. The Kier molecular flexibility index (Phi) is 2.22. The van der Waals surface area contributed by atoms with Crippen molar-refractivity contribution in [3.63, 3.8) is 0 Å². The third-order valence-corrected chi connectivity index (χ3v) is 7.21. The van der Waals surface area contributed by atoms with E-state index in [-0.39, 0.29) is 5.41 Å². The van der Waals surface area contributed by atoms with Crippen molar-refractivity contribution in [3.05, 3.63) is 0 Å². The lowest BCUT2D eigenvalue weighted by Crippen LogP contribution is -2.38. The van der Waals surface area contributed by atoms with Crippen LogP contribution >= 0.6 is 0 Å². The van der Waals surface area contributed by atoms with E-state index in [0.717, 1.165) is 23.5 Å². The maximum absolute atomic E-state index is 9.24. The molecule has 0 aromatic rings. The number of hydrogen-bond donors (Lipinski definition) is 1. The zero-order valence-corrected chi connectivity index (χ0v) is 11.5. The second-order valence-electron chi connectivity index (χ2n) is 7.18. The van der Waals surface area contributed by atoms with E-state index in [1.54, 1.807) is 0 Å². The second-order valence-corrected chi connectivity index (χ2v) is 7.18. The number of fused-ring (bicyclic) bond motifs is 1. The van der Waals surface area contributed by atoms with Crippen LogP contribution in [0.3, 0.4) is 0 Å². The van der Waals surface area contributed by atoms with Gasteiger partial charge in [-0.05, 0) is 61.7 Å². The minimum Gasteiger partial charge on any atom is -0.411 e. The topological polar surface area (TPSA) is 32.6 Å². The summed E-state index contributed by atoms with van der Waals surface area (Å²) in [6.45, 7) is 9.19. The van der Waals surface area contributed by atoms with E-state index in [4.69, 9.17) is 0 Å². The fourth-order valence-electron chi connectivity index (χ4n) is 5.90. The molecule has 3 aliphatic rings. The average Bonchev–Trinajstić information content (AvgIpc) is 2.96. The molecule has 0 aromatic carbocycles. The van der Waals surface area contributed by atoms with Crippen LogP contribution in [0.2, 0.25) is 0 Å². The van der Waals surface area contributed by atoms with Gasteiger partial charge in [0.25, 0.3) is 0 Å². The molecule has 2 bridgehead atoms. The molecule has 3 fully saturated rings. The van der Waals surface area contributed by atoms with Crippen molar-refractivity contribution in [3.8, 4) is 0 Å². The van der Waals surface area contributed by atoms with Gasteiger partial charge >= 0.3 is 0 Å². The summed E-state index contributed by atoms with van der Waals surface area (Å²) in [5, 5.41) is 12.8. The Labute approximate surface area is 104 Å². The highest BCUT2D eigenvalue weighted by molar-refractivity contribution is 5.88. The summed E-state index contributed by atoms with van der Waals surface area (Å²) in [7, 11) is 0. The summed E-state index contributed by atoms with van der Waals surface area (Å²) < 4.78 is 0. The van der Waals surface area contributed by atoms with Crippen molar-refractivity contribution >= 4 is 5.71 Å². The largest absolute Gasteiger partial charge is 0.411 e. The van der Waals surface area contributed by atoms with E-state index < -0.39 is 0 Å². The first-order valence-electron chi connectivity index (χ1n) is 7.16. The summed E-state index contributed by atoms with van der Waals surface area (Å²) in [6.07, 6.45) is 5.68. The summed E-state index contributed by atoms with van der Waals surface area (Å²) in [5.41, 5.74) is 1.67. The molecule has 1 N–H and O–H groups in total. The lowest BCUT2D eigenvalue weighted by molar-refractivity contribution is 0.140. The maximum atomic E-state index is 9.24. The van der Waals surface area contributed by atoms with Crippen LogP contribution in [0.25, 0.3) is 0 Å². The van der Waals surface area contributed by atoms with Crippen LogP contribution in [0.15, 0.2) is 5.16 Å². The SMILES string of the molecule is C/C(=N/O)C1(C)C(C)C(C)[C@@]23CC[C@@H](CC12)C3. The van der Waals surface area contributed by atoms with Crippen molar-refractivity contribution in [2.45, 2.75) is 53.4 Å². The first kappa shape index (κ1) is 11.6. The van der Waals surface area contributed by atoms with E-state index in [1.807, 2.05) is 6.92 Å². The molecule has 0 saturated heterocycles. The summed E-state index contributed by atoms with van der Waals surface area (Å²) in [4.78, 5) is 0. The molecule has 0 aromatic heterocycles. The summed E-state index contributed by atoms with van der Waals surface area (Å²) >= 11 is 0. The minimum atomic E-state index is 0.128. The minimum absolute atomic E-state index is 0.128. The monoisotopic (exact) mass is 235 g/mol. The zero-order valence-electron chi connectivity index (χ0n) is 11.5. The lowest BCUT2D eigenvalue weighted by Gasteiger charge is -2.39. The van der Waals surface area contributed by atoms with Gasteiger partial charge in [-0.3, -0.25) is 0 Å². The third-order valence-electron chi connectivity index (χ3n) is 7.21. The Morgan fingerprint density at radius 2 is 2.00 bits per heavy atom. The van der Waals surface area contributed by atoms with E-state index in [9.17, 15) is 5.21 Å². The molecule has 0 radical (unpaired) electrons. The third kappa shape index (κ3) is 1.10. The standard InChI is InChI=1S/C15H25NO/c1-9-10(2)15-6-5-12(8-15)7-13(15)14(9,4)11(3)16-17/h9-10,12-13,17H,5-8H2,1-4H3/b16-11-/t9?,10?,12-,13?,14?,15-/m0/s1. The summed E-state index contributed by atoms with van der Waals surface area (Å²) in [5.74, 6) is 3.14. The van der Waals surface area contributed by atoms with Gasteiger partial charge in [-0.1, -0.05) is 25.9 Å². The Morgan fingerprint density at radius 3 is 2.59 bits per heavy atom. The van der Waals surface area contributed by atoms with E-state index in [2.05, 4.69) is 25.9 Å². The van der Waals surface area contributed by atoms with Gasteiger partial charge in [-0.15, -0.1) is 0 Å². The van der Waals surface area contributed by atoms with Crippen molar-refractivity contribution < 1.29 is 5.21 Å². The molecule has 17 heavy (non-hydrogen) atoms. The molecule has 4 unspecified atom stereocenters. The smallest absolute Gasteiger partial charge is 0.0604 e. The highest BCUT2D eigenvalue weighted by Crippen LogP contribution is 2.74. The molecule has 3 rings (SSSR count). The molecular weight excluding hydrogens is 210 g/mol. The van der Waals surface area contributed by atoms with Gasteiger partial charge in [0, 0.05) is 5.41 Å². The van der Waals surface area contributed by atoms with Crippen molar-refractivity contribution in [1.29, 1.82) is 0 Å². The number of oxime groups is 1. The van der Waals surface area contributed by atoms with Crippen LogP contribution in [0, 0.1) is 34.5 Å². The van der Waals surface area contributed by atoms with Crippen LogP contribution in [-0.4, -0.2) is 10.9 Å². The van der Waals surface area contributed by atoms with Crippen molar-refractivity contribution in [2.24, 2.45) is 39.7 Å². The molecular formula is C15H25NO. The number of rotatable bonds is 1. The van der Waals surface area contributed by atoms with Crippen LogP contribution in [0.1, 0.15) is 53.4 Å². The summed E-state index contributed by atoms with van der Waals surface area (Å²) in [6, 6.07) is 0. The first-order valence-corrected chi connectivity index (χ1v) is 7.16. The van der Waals surface area contributed by atoms with Crippen LogP contribution < -0.4 is 0 Å². The fourth-order valence-corrected chi connectivity index (χ4v) is 5.90. The molecule has 0 aliphatic heterocycles. The van der Waals surface area contributed by atoms with Crippen LogP contribution in [-0.2, 0) is 0 Å². The lowest BCUT2D eigenvalue weighted by atomic mass is 9.65. The van der Waals surface area contributed by atoms with Crippen molar-refractivity contribution in [1.82, 2.24) is 0 Å². The fraction of sp³-hybridized carbons (Fsp3) is 0.933. The molecule has 0 heterocycles. The Morgan fingerprint density at radius 1 is 1.29 bits per heavy atom. The van der Waals surface area contributed by atoms with Gasteiger partial charge in [0.15, 0.2) is 0 Å². The molecule has 1 spiro atoms. The molecule has 2 heteroatoms. The molecule has 6 atom stereocenters. The molecule has 96 valence electrons. The predicted octanol–water partition coefficient (Wildman–Crippen LogP) is 3.94. The maximum Gasteiger partial charge on any atom is 0.0604 e. The molecule has 0 amide bonds. The average molecular weight is 235 g/mol. The quantitative estimate of drug-likeness (QED) is 0.417. The van der Waals surface area contributed by atoms with E-state index >= 15 is 0 Å². The molecule has 3 aliphatic carbocycles. The van der Waals surface area contributed by atoms with Gasteiger partial charge in [0.2, 0.25) is 0 Å². The van der Waals surface area contributed by atoms with Crippen molar-refractivity contribution in [2.75, 3.05) is 0 Å². The van der Waals surface area contributed by atoms with Gasteiger partial charge in [0.1, 0.15) is 0 Å². The Balaban J connectivity index is 2.09. The van der Waals surface area contributed by atoms with Crippen LogP contribution in [0.5, 0.6) is 0 Å². The highest BCUT2D eigenvalue weighted by atomic mass is 16.4. The van der Waals surface area contributed by atoms with Gasteiger partial charge in [0.05, 0.1) is 5.71 Å². The Hall–Kier alpha value is -0.530. The number of hydrogen-bond acceptors (Lipinski definition) is 2. The normalized spacial score (nSPS) is 57.5. The Bertz CT molecular complexity index is 377. The first-order chi connectivity index (χ1) is 7.96. The van der Waals surface area contributed by atoms with Crippen LogP contribution in [0.4, 0.5) is 0 Å². The van der Waals surface area contributed by atoms with Gasteiger partial charge in [-0.2, -0.15) is 0 Å². The molecule has 3 saturated carbocycles. The van der Waals surface area contributed by atoms with E-state index in [0.29, 0.717) is 11.3 Å². The van der Waals surface area contributed by atoms with E-state index in [1.165, 1.54) is 25.7 Å². The van der Waals surface area contributed by atoms with Gasteiger partial charge in [-0.25, -0.2) is 0 Å². The predicted molar refractivity (Wildman–Crippen MR) is 69.2 cm³/mol. The number of nitrogens with zero attached hydrogens (tertiary/aromatic N) is 1. The van der Waals surface area contributed by atoms with Gasteiger partial charge < -0.3 is 5.21 Å². The zero-order chi connectivity index (χ0) is 12.4.